The Balaban J connectivity index is 2.07. The van der Waals surface area contributed by atoms with Gasteiger partial charge in [-0.2, -0.15) is 0 Å². The molecule has 0 aliphatic rings. The van der Waals surface area contributed by atoms with Crippen molar-refractivity contribution in [2.24, 2.45) is 4.99 Å². The first kappa shape index (κ1) is 17.3. The van der Waals surface area contributed by atoms with Gasteiger partial charge in [-0.3, -0.25) is 4.99 Å². The molecule has 2 rings (SSSR count). The average Bonchev–Trinajstić information content (AvgIpc) is 2.54. The third kappa shape index (κ3) is 4.44. The van der Waals surface area contributed by atoms with Crippen molar-refractivity contribution < 1.29 is 9.52 Å². The predicted molar refractivity (Wildman–Crippen MR) is 94.6 cm³/mol. The largest absolute Gasteiger partial charge is 0.506 e. The molecular weight excluding hydrogens is 290 g/mol. The third-order valence-corrected chi connectivity index (χ3v) is 4.01. The van der Waals surface area contributed by atoms with Gasteiger partial charge in [-0.15, -0.1) is 0 Å². The number of fused-ring (bicyclic) bond motifs is 1. The van der Waals surface area contributed by atoms with Gasteiger partial charge in [-0.1, -0.05) is 51.2 Å². The third-order valence-electron chi connectivity index (χ3n) is 4.01. The predicted octanol–water partition coefficient (Wildman–Crippen LogP) is 4.67. The molecule has 4 heteroatoms. The number of rotatable bonds is 8. The van der Waals surface area contributed by atoms with Crippen LogP contribution in [0.1, 0.15) is 57.9 Å². The fourth-order valence-electron chi connectivity index (χ4n) is 2.67. The molecule has 1 aromatic heterocycles. The van der Waals surface area contributed by atoms with Crippen LogP contribution in [0.2, 0.25) is 0 Å². The van der Waals surface area contributed by atoms with Gasteiger partial charge in [-0.05, 0) is 25.5 Å². The van der Waals surface area contributed by atoms with Crippen LogP contribution in [-0.4, -0.2) is 17.4 Å². The molecule has 0 radical (unpaired) electrons. The van der Waals surface area contributed by atoms with Crippen molar-refractivity contribution in [2.75, 3.05) is 6.54 Å². The SMILES string of the molecule is CCCCCCCCN=C(C)c1c(O)c2ccccc2oc1=O. The van der Waals surface area contributed by atoms with Crippen molar-refractivity contribution in [3.63, 3.8) is 0 Å². The summed E-state index contributed by atoms with van der Waals surface area (Å²) in [4.78, 5) is 16.5. The zero-order valence-electron chi connectivity index (χ0n) is 14.0. The van der Waals surface area contributed by atoms with Gasteiger partial charge in [0.1, 0.15) is 16.9 Å². The Morgan fingerprint density at radius 2 is 1.83 bits per heavy atom. The van der Waals surface area contributed by atoms with Gasteiger partial charge in [0.25, 0.3) is 0 Å². The summed E-state index contributed by atoms with van der Waals surface area (Å²) >= 11 is 0. The van der Waals surface area contributed by atoms with Gasteiger partial charge in [0.15, 0.2) is 0 Å². The molecule has 0 spiro atoms. The summed E-state index contributed by atoms with van der Waals surface area (Å²) in [5, 5.41) is 10.9. The highest BCUT2D eigenvalue weighted by Gasteiger charge is 2.15. The van der Waals surface area contributed by atoms with Crippen LogP contribution >= 0.6 is 0 Å². The van der Waals surface area contributed by atoms with Crippen LogP contribution in [0.3, 0.4) is 0 Å². The van der Waals surface area contributed by atoms with Crippen LogP contribution in [0.4, 0.5) is 0 Å². The molecule has 0 saturated heterocycles. The van der Waals surface area contributed by atoms with E-state index in [1.807, 2.05) is 0 Å². The lowest BCUT2D eigenvalue weighted by Gasteiger charge is -2.06. The van der Waals surface area contributed by atoms with E-state index >= 15 is 0 Å². The van der Waals surface area contributed by atoms with Crippen LogP contribution in [0.25, 0.3) is 11.0 Å². The van der Waals surface area contributed by atoms with Crippen LogP contribution in [0.5, 0.6) is 5.75 Å². The summed E-state index contributed by atoms with van der Waals surface area (Å²) in [5.74, 6) is -0.0407. The Morgan fingerprint density at radius 1 is 1.13 bits per heavy atom. The maximum absolute atomic E-state index is 12.1. The summed E-state index contributed by atoms with van der Waals surface area (Å²) in [6.07, 6.45) is 7.18. The Bertz CT molecular complexity index is 731. The molecule has 0 aliphatic heterocycles. The summed E-state index contributed by atoms with van der Waals surface area (Å²) in [6, 6.07) is 6.97. The lowest BCUT2D eigenvalue weighted by Crippen LogP contribution is -2.13. The van der Waals surface area contributed by atoms with Gasteiger partial charge in [0, 0.05) is 6.54 Å². The number of aliphatic imine (C=N–C) groups is 1. The van der Waals surface area contributed by atoms with Gasteiger partial charge >= 0.3 is 5.63 Å². The molecular formula is C19H25NO3. The van der Waals surface area contributed by atoms with E-state index in [2.05, 4.69) is 11.9 Å². The second kappa shape index (κ2) is 8.51. The second-order valence-electron chi connectivity index (χ2n) is 5.84. The first-order valence-electron chi connectivity index (χ1n) is 8.41. The van der Waals surface area contributed by atoms with Gasteiger partial charge in [-0.25, -0.2) is 4.79 Å². The van der Waals surface area contributed by atoms with Gasteiger partial charge in [0.2, 0.25) is 0 Å². The molecule has 4 nitrogen and oxygen atoms in total. The van der Waals surface area contributed by atoms with Gasteiger partial charge in [0.05, 0.1) is 11.1 Å². The van der Waals surface area contributed by atoms with E-state index in [9.17, 15) is 9.90 Å². The fourth-order valence-corrected chi connectivity index (χ4v) is 2.67. The highest BCUT2D eigenvalue weighted by atomic mass is 16.4. The molecule has 0 fully saturated rings. The lowest BCUT2D eigenvalue weighted by molar-refractivity contribution is 0.466. The Morgan fingerprint density at radius 3 is 2.61 bits per heavy atom. The molecule has 0 bridgehead atoms. The van der Waals surface area contributed by atoms with Crippen molar-refractivity contribution in [1.82, 2.24) is 0 Å². The monoisotopic (exact) mass is 315 g/mol. The molecule has 1 N–H and O–H groups in total. The summed E-state index contributed by atoms with van der Waals surface area (Å²) in [7, 11) is 0. The summed E-state index contributed by atoms with van der Waals surface area (Å²) in [5.41, 5.74) is 0.568. The van der Waals surface area contributed by atoms with E-state index < -0.39 is 5.63 Å². The highest BCUT2D eigenvalue weighted by Crippen LogP contribution is 2.26. The van der Waals surface area contributed by atoms with E-state index in [4.69, 9.17) is 4.42 Å². The van der Waals surface area contributed by atoms with Gasteiger partial charge < -0.3 is 9.52 Å². The van der Waals surface area contributed by atoms with E-state index in [0.29, 0.717) is 23.2 Å². The van der Waals surface area contributed by atoms with Crippen LogP contribution in [0, 0.1) is 0 Å². The standard InChI is InChI=1S/C19H25NO3/c1-3-4-5-6-7-10-13-20-14(2)17-18(21)15-11-8-9-12-16(15)23-19(17)22/h8-9,11-12,21H,3-7,10,13H2,1-2H3. The van der Waals surface area contributed by atoms with E-state index in [0.717, 1.165) is 12.8 Å². The van der Waals surface area contributed by atoms with Crippen LogP contribution < -0.4 is 5.63 Å². The topological polar surface area (TPSA) is 62.8 Å². The minimum absolute atomic E-state index is 0.0407. The number of nitrogens with zero attached hydrogens (tertiary/aromatic N) is 1. The number of para-hydroxylation sites is 1. The summed E-state index contributed by atoms with van der Waals surface area (Å²) < 4.78 is 5.27. The molecule has 0 saturated carbocycles. The van der Waals surface area contributed by atoms with Crippen molar-refractivity contribution >= 4 is 16.7 Å². The number of aromatic hydroxyl groups is 1. The average molecular weight is 315 g/mol. The lowest BCUT2D eigenvalue weighted by atomic mass is 10.1. The number of hydrogen-bond donors (Lipinski definition) is 1. The van der Waals surface area contributed by atoms with Crippen molar-refractivity contribution in [3.05, 3.63) is 40.2 Å². The maximum Gasteiger partial charge on any atom is 0.349 e. The molecule has 0 atom stereocenters. The first-order valence-corrected chi connectivity index (χ1v) is 8.41. The fraction of sp³-hybridized carbons (Fsp3) is 0.474. The second-order valence-corrected chi connectivity index (χ2v) is 5.84. The quantitative estimate of drug-likeness (QED) is 0.437. The van der Waals surface area contributed by atoms with E-state index in [1.165, 1.54) is 25.7 Å². The van der Waals surface area contributed by atoms with Crippen molar-refractivity contribution in [1.29, 1.82) is 0 Å². The minimum Gasteiger partial charge on any atom is -0.506 e. The number of hydrogen-bond acceptors (Lipinski definition) is 4. The zero-order valence-corrected chi connectivity index (χ0v) is 14.0. The minimum atomic E-state index is -0.537. The molecule has 23 heavy (non-hydrogen) atoms. The highest BCUT2D eigenvalue weighted by molar-refractivity contribution is 6.04. The molecule has 2 aromatic rings. The molecule has 0 unspecified atom stereocenters. The molecule has 124 valence electrons. The number of unbranched alkanes of at least 4 members (excludes halogenated alkanes) is 5. The maximum atomic E-state index is 12.1. The Labute approximate surface area is 136 Å². The molecule has 1 aromatic carbocycles. The van der Waals surface area contributed by atoms with Crippen molar-refractivity contribution in [3.8, 4) is 5.75 Å². The smallest absolute Gasteiger partial charge is 0.349 e. The Hall–Kier alpha value is -2.10. The van der Waals surface area contributed by atoms with Crippen LogP contribution in [-0.2, 0) is 0 Å². The first-order chi connectivity index (χ1) is 11.1. The zero-order chi connectivity index (χ0) is 16.7. The van der Waals surface area contributed by atoms with E-state index in [1.54, 1.807) is 31.2 Å². The molecule has 1 heterocycles. The molecule has 0 amide bonds. The Kier molecular flexibility index (Phi) is 6.39. The normalized spacial score (nSPS) is 12.0. The van der Waals surface area contributed by atoms with E-state index in [-0.39, 0.29) is 11.3 Å². The van der Waals surface area contributed by atoms with Crippen LogP contribution in [0.15, 0.2) is 38.5 Å². The number of benzene rings is 1. The van der Waals surface area contributed by atoms with Crippen molar-refractivity contribution in [2.45, 2.75) is 52.4 Å². The summed E-state index contributed by atoms with van der Waals surface area (Å²) in [6.45, 7) is 4.62. The molecule has 0 aliphatic carbocycles.